The van der Waals surface area contributed by atoms with Gasteiger partial charge in [-0.15, -0.1) is 6.58 Å². The van der Waals surface area contributed by atoms with Crippen molar-refractivity contribution in [2.24, 2.45) is 0 Å². The van der Waals surface area contributed by atoms with Crippen molar-refractivity contribution in [3.8, 4) is 11.1 Å². The van der Waals surface area contributed by atoms with E-state index in [1.165, 1.54) is 0 Å². The van der Waals surface area contributed by atoms with Gasteiger partial charge in [0.05, 0.1) is 18.8 Å². The number of ether oxygens (including phenoxy) is 2. The van der Waals surface area contributed by atoms with Gasteiger partial charge in [0.1, 0.15) is 0 Å². The fourth-order valence-corrected chi connectivity index (χ4v) is 5.24. The predicted octanol–water partition coefficient (Wildman–Crippen LogP) is 6.44. The lowest BCUT2D eigenvalue weighted by Crippen LogP contribution is -2.37. The van der Waals surface area contributed by atoms with Gasteiger partial charge in [0.2, 0.25) is 0 Å². The number of hydrogen-bond acceptors (Lipinski definition) is 5. The van der Waals surface area contributed by atoms with Crippen molar-refractivity contribution in [1.82, 2.24) is 10.2 Å². The molecular weight excluding hydrogens is 524 g/mol. The van der Waals surface area contributed by atoms with Crippen LogP contribution in [0.25, 0.3) is 11.1 Å². The van der Waals surface area contributed by atoms with Crippen LogP contribution in [-0.4, -0.2) is 42.2 Å². The molecule has 2 N–H and O–H groups in total. The second kappa shape index (κ2) is 14.2. The summed E-state index contributed by atoms with van der Waals surface area (Å²) in [6.45, 7) is 5.88. The second-order valence-electron chi connectivity index (χ2n) is 10.7. The molecule has 0 unspecified atom stereocenters. The molecule has 5 rings (SSSR count). The zero-order valence-electron chi connectivity index (χ0n) is 24.0. The van der Waals surface area contributed by atoms with E-state index in [0.717, 1.165) is 52.9 Å². The van der Waals surface area contributed by atoms with Gasteiger partial charge in [-0.2, -0.15) is 0 Å². The molecule has 6 heteroatoms. The average Bonchev–Trinajstić information content (AvgIpc) is 3.04. The summed E-state index contributed by atoms with van der Waals surface area (Å²) in [6.07, 6.45) is 1.99. The van der Waals surface area contributed by atoms with Gasteiger partial charge in [-0.3, -0.25) is 4.79 Å². The second-order valence-corrected chi connectivity index (χ2v) is 10.7. The Balaban J connectivity index is 1.29. The number of carbonyl (C=O) groups excluding carboxylic acids is 1. The molecule has 1 aliphatic rings. The standard InChI is InChI=1S/C36H38N2O4/c1-3-20-38(2)24-33-22-34(29-14-12-26(25-39)13-15-29)42-36(41-33)31-18-16-28(17-19-31)32-11-7-8-27(21-32)23-37-35(40)30-9-5-4-6-10-30/h3-19,21,33-34,36,39H,1,20,22-25H2,2H3,(H,37,40)/t33-,34+,36+/m0/s1. The Kier molecular flexibility index (Phi) is 9.95. The zero-order chi connectivity index (χ0) is 29.3. The molecule has 1 heterocycles. The molecular formula is C36H38N2O4. The molecule has 216 valence electrons. The molecule has 0 aliphatic carbocycles. The Morgan fingerprint density at radius 1 is 0.905 bits per heavy atom. The Morgan fingerprint density at radius 2 is 1.64 bits per heavy atom. The van der Waals surface area contributed by atoms with Crippen LogP contribution in [-0.2, 0) is 22.6 Å². The van der Waals surface area contributed by atoms with E-state index in [-0.39, 0.29) is 24.7 Å². The van der Waals surface area contributed by atoms with Gasteiger partial charge in [0.25, 0.3) is 5.91 Å². The third-order valence-electron chi connectivity index (χ3n) is 7.50. The first kappa shape index (κ1) is 29.4. The summed E-state index contributed by atoms with van der Waals surface area (Å²) in [5, 5.41) is 12.5. The number of hydrogen-bond donors (Lipinski definition) is 2. The summed E-state index contributed by atoms with van der Waals surface area (Å²) < 4.78 is 13.0. The van der Waals surface area contributed by atoms with Gasteiger partial charge < -0.3 is 24.8 Å². The minimum absolute atomic E-state index is 0.0151. The molecule has 0 bridgehead atoms. The molecule has 1 aliphatic heterocycles. The van der Waals surface area contributed by atoms with E-state index >= 15 is 0 Å². The van der Waals surface area contributed by atoms with Crippen LogP contribution >= 0.6 is 0 Å². The van der Waals surface area contributed by atoms with E-state index < -0.39 is 6.29 Å². The molecule has 0 spiro atoms. The summed E-state index contributed by atoms with van der Waals surface area (Å²) in [5.74, 6) is -0.0885. The Morgan fingerprint density at radius 3 is 2.36 bits per heavy atom. The SMILES string of the molecule is C=CCN(C)C[C@@H]1C[C@H](c2ccc(CO)cc2)O[C@H](c2ccc(-c3cccc(CNC(=O)c4ccccc4)c3)cc2)O1. The fraction of sp³-hybridized carbons (Fsp3) is 0.250. The van der Waals surface area contributed by atoms with Crippen LogP contribution in [0.15, 0.2) is 116 Å². The lowest BCUT2D eigenvalue weighted by molar-refractivity contribution is -0.252. The quantitative estimate of drug-likeness (QED) is 0.206. The largest absolute Gasteiger partial charge is 0.392 e. The average molecular weight is 563 g/mol. The van der Waals surface area contributed by atoms with Crippen LogP contribution in [0.4, 0.5) is 0 Å². The van der Waals surface area contributed by atoms with Gasteiger partial charge in [-0.25, -0.2) is 0 Å². The fourth-order valence-electron chi connectivity index (χ4n) is 5.24. The highest BCUT2D eigenvalue weighted by Crippen LogP contribution is 2.38. The molecule has 1 amide bonds. The highest BCUT2D eigenvalue weighted by atomic mass is 16.7. The molecule has 3 atom stereocenters. The summed E-state index contributed by atoms with van der Waals surface area (Å²) >= 11 is 0. The number of likely N-dealkylation sites (N-methyl/N-ethyl adjacent to an activating group) is 1. The third kappa shape index (κ3) is 7.60. The van der Waals surface area contributed by atoms with Crippen molar-refractivity contribution in [3.05, 3.63) is 144 Å². The zero-order valence-corrected chi connectivity index (χ0v) is 24.0. The number of nitrogens with zero attached hydrogens (tertiary/aromatic N) is 1. The van der Waals surface area contributed by atoms with Crippen molar-refractivity contribution in [1.29, 1.82) is 0 Å². The smallest absolute Gasteiger partial charge is 0.251 e. The lowest BCUT2D eigenvalue weighted by Gasteiger charge is -2.37. The first-order chi connectivity index (χ1) is 20.5. The van der Waals surface area contributed by atoms with Gasteiger partial charge in [-0.1, -0.05) is 91.0 Å². The normalized spacial score (nSPS) is 18.5. The Labute approximate surface area is 248 Å². The molecule has 0 aromatic heterocycles. The highest BCUT2D eigenvalue weighted by Gasteiger charge is 2.32. The van der Waals surface area contributed by atoms with Crippen molar-refractivity contribution in [2.45, 2.75) is 38.1 Å². The molecule has 1 fully saturated rings. The van der Waals surface area contributed by atoms with Crippen molar-refractivity contribution in [2.75, 3.05) is 20.1 Å². The van der Waals surface area contributed by atoms with Gasteiger partial charge in [-0.05, 0) is 53.1 Å². The highest BCUT2D eigenvalue weighted by molar-refractivity contribution is 5.94. The van der Waals surface area contributed by atoms with E-state index in [0.29, 0.717) is 12.1 Å². The molecule has 1 saturated heterocycles. The molecule has 42 heavy (non-hydrogen) atoms. The number of nitrogens with one attached hydrogen (secondary N) is 1. The lowest BCUT2D eigenvalue weighted by atomic mass is 9.99. The first-order valence-electron chi connectivity index (χ1n) is 14.3. The number of aliphatic hydroxyl groups is 1. The van der Waals surface area contributed by atoms with Crippen LogP contribution in [0.3, 0.4) is 0 Å². The predicted molar refractivity (Wildman–Crippen MR) is 166 cm³/mol. The molecule has 6 nitrogen and oxygen atoms in total. The van der Waals surface area contributed by atoms with Crippen LogP contribution < -0.4 is 5.32 Å². The summed E-state index contributed by atoms with van der Waals surface area (Å²) in [6, 6.07) is 33.7. The van der Waals surface area contributed by atoms with E-state index in [9.17, 15) is 9.90 Å². The van der Waals surface area contributed by atoms with Crippen LogP contribution in [0, 0.1) is 0 Å². The Bertz CT molecular complexity index is 1450. The van der Waals surface area contributed by atoms with Gasteiger partial charge in [0.15, 0.2) is 6.29 Å². The molecule has 0 radical (unpaired) electrons. The van der Waals surface area contributed by atoms with Crippen LogP contribution in [0.1, 0.15) is 51.4 Å². The molecule has 4 aromatic rings. The van der Waals surface area contributed by atoms with Crippen LogP contribution in [0.2, 0.25) is 0 Å². The number of aliphatic hydroxyl groups excluding tert-OH is 1. The third-order valence-corrected chi connectivity index (χ3v) is 7.50. The number of rotatable bonds is 11. The minimum atomic E-state index is -0.503. The van der Waals surface area contributed by atoms with Crippen molar-refractivity contribution < 1.29 is 19.4 Å². The van der Waals surface area contributed by atoms with E-state index in [4.69, 9.17) is 9.47 Å². The van der Waals surface area contributed by atoms with E-state index in [2.05, 4.69) is 60.2 Å². The number of amides is 1. The maximum Gasteiger partial charge on any atom is 0.251 e. The van der Waals surface area contributed by atoms with Gasteiger partial charge in [0, 0.05) is 37.2 Å². The van der Waals surface area contributed by atoms with Gasteiger partial charge >= 0.3 is 0 Å². The number of carbonyl (C=O) groups is 1. The maximum absolute atomic E-state index is 12.5. The monoisotopic (exact) mass is 562 g/mol. The first-order valence-corrected chi connectivity index (χ1v) is 14.3. The summed E-state index contributed by atoms with van der Waals surface area (Å²) in [5.41, 5.74) is 6.73. The minimum Gasteiger partial charge on any atom is -0.392 e. The summed E-state index contributed by atoms with van der Waals surface area (Å²) in [4.78, 5) is 14.7. The topological polar surface area (TPSA) is 71.0 Å². The summed E-state index contributed by atoms with van der Waals surface area (Å²) in [7, 11) is 2.07. The number of benzene rings is 4. The van der Waals surface area contributed by atoms with E-state index in [1.54, 1.807) is 0 Å². The molecule has 4 aromatic carbocycles. The van der Waals surface area contributed by atoms with Crippen molar-refractivity contribution in [3.63, 3.8) is 0 Å². The maximum atomic E-state index is 12.5. The Hall–Kier alpha value is -4.07. The van der Waals surface area contributed by atoms with E-state index in [1.807, 2.05) is 72.8 Å². The van der Waals surface area contributed by atoms with Crippen molar-refractivity contribution >= 4 is 5.91 Å². The molecule has 0 saturated carbocycles. The van der Waals surface area contributed by atoms with Crippen LogP contribution in [0.5, 0.6) is 0 Å².